The molecule has 2 N–H and O–H groups in total. The summed E-state index contributed by atoms with van der Waals surface area (Å²) in [6.07, 6.45) is -0.647. The standard InChI is InChI=1S/C9H11FN2O2S2/c10-6-3-5(4-13)14-8(6)12-2-1-7(15)11-9(12)16/h1-2,5-6,8,13H,3-4H2,(H,11,15,16). The number of aliphatic hydroxyl groups excluding tert-OH is 1. The van der Waals surface area contributed by atoms with Crippen molar-refractivity contribution in [2.45, 2.75) is 24.9 Å². The first-order valence-electron chi connectivity index (χ1n) is 4.83. The van der Waals surface area contributed by atoms with E-state index in [9.17, 15) is 4.39 Å². The third kappa shape index (κ3) is 2.22. The van der Waals surface area contributed by atoms with Crippen molar-refractivity contribution < 1.29 is 14.2 Å². The second kappa shape index (κ2) is 4.70. The molecular weight excluding hydrogens is 251 g/mol. The Balaban J connectivity index is 2.31. The average Bonchev–Trinajstić information content (AvgIpc) is 2.60. The fraction of sp³-hybridized carbons (Fsp3) is 0.556. The molecule has 4 nitrogen and oxygen atoms in total. The maximum atomic E-state index is 13.6. The van der Waals surface area contributed by atoms with Crippen LogP contribution in [0.2, 0.25) is 0 Å². The Morgan fingerprint density at radius 2 is 2.38 bits per heavy atom. The third-order valence-corrected chi connectivity index (χ3v) is 3.01. The summed E-state index contributed by atoms with van der Waals surface area (Å²) >= 11 is 9.93. The van der Waals surface area contributed by atoms with Gasteiger partial charge in [0, 0.05) is 12.6 Å². The highest BCUT2D eigenvalue weighted by Gasteiger charge is 2.36. The van der Waals surface area contributed by atoms with E-state index < -0.39 is 18.5 Å². The van der Waals surface area contributed by atoms with Crippen LogP contribution < -0.4 is 0 Å². The molecule has 0 saturated carbocycles. The largest absolute Gasteiger partial charge is 0.394 e. The first kappa shape index (κ1) is 11.8. The molecule has 1 aliphatic rings. The van der Waals surface area contributed by atoms with Gasteiger partial charge in [0.15, 0.2) is 11.0 Å². The molecule has 16 heavy (non-hydrogen) atoms. The Hall–Kier alpha value is -0.630. The number of alkyl halides is 1. The molecule has 1 aromatic rings. The summed E-state index contributed by atoms with van der Waals surface area (Å²) in [4.78, 5) is 2.75. The second-order valence-electron chi connectivity index (χ2n) is 3.60. The van der Waals surface area contributed by atoms with Crippen molar-refractivity contribution in [3.05, 3.63) is 21.7 Å². The predicted octanol–water partition coefficient (Wildman–Crippen LogP) is 1.89. The molecule has 1 aliphatic heterocycles. The maximum absolute atomic E-state index is 13.6. The van der Waals surface area contributed by atoms with Crippen molar-refractivity contribution in [1.82, 2.24) is 9.55 Å². The van der Waals surface area contributed by atoms with E-state index in [2.05, 4.69) is 4.98 Å². The number of halogens is 1. The number of aromatic amines is 1. The lowest BCUT2D eigenvalue weighted by Gasteiger charge is -2.16. The van der Waals surface area contributed by atoms with Gasteiger partial charge in [-0.05, 0) is 18.3 Å². The van der Waals surface area contributed by atoms with E-state index in [1.54, 1.807) is 12.3 Å². The van der Waals surface area contributed by atoms with Gasteiger partial charge in [0.25, 0.3) is 0 Å². The van der Waals surface area contributed by atoms with Crippen molar-refractivity contribution in [2.24, 2.45) is 0 Å². The van der Waals surface area contributed by atoms with Gasteiger partial charge >= 0.3 is 0 Å². The predicted molar refractivity (Wildman–Crippen MR) is 61.0 cm³/mol. The topological polar surface area (TPSA) is 50.2 Å². The van der Waals surface area contributed by atoms with Gasteiger partial charge < -0.3 is 14.8 Å². The Morgan fingerprint density at radius 1 is 1.62 bits per heavy atom. The quantitative estimate of drug-likeness (QED) is 0.799. The number of aliphatic hydroxyl groups is 1. The van der Waals surface area contributed by atoms with Crippen molar-refractivity contribution >= 4 is 24.4 Å². The van der Waals surface area contributed by atoms with Crippen molar-refractivity contribution in [2.75, 3.05) is 6.61 Å². The zero-order valence-corrected chi connectivity index (χ0v) is 9.93. The van der Waals surface area contributed by atoms with Gasteiger partial charge in [-0.1, -0.05) is 12.2 Å². The van der Waals surface area contributed by atoms with Crippen molar-refractivity contribution in [3.63, 3.8) is 0 Å². The van der Waals surface area contributed by atoms with E-state index in [1.807, 2.05) is 0 Å². The normalized spacial score (nSPS) is 29.5. The summed E-state index contributed by atoms with van der Waals surface area (Å²) in [6.45, 7) is -0.187. The minimum Gasteiger partial charge on any atom is -0.394 e. The van der Waals surface area contributed by atoms with Gasteiger partial charge in [-0.15, -0.1) is 0 Å². The lowest BCUT2D eigenvalue weighted by Crippen LogP contribution is -2.18. The van der Waals surface area contributed by atoms with Crippen molar-refractivity contribution in [3.8, 4) is 0 Å². The lowest BCUT2D eigenvalue weighted by molar-refractivity contribution is -0.0384. The Kier molecular flexibility index (Phi) is 3.48. The van der Waals surface area contributed by atoms with Gasteiger partial charge in [0.05, 0.1) is 12.7 Å². The van der Waals surface area contributed by atoms with Crippen LogP contribution in [0, 0.1) is 9.41 Å². The van der Waals surface area contributed by atoms with Gasteiger partial charge in [-0.3, -0.25) is 4.57 Å². The zero-order chi connectivity index (χ0) is 11.7. The Labute approximate surface area is 102 Å². The number of hydrogen-bond donors (Lipinski definition) is 2. The molecule has 7 heteroatoms. The zero-order valence-electron chi connectivity index (χ0n) is 8.30. The molecule has 0 spiro atoms. The van der Waals surface area contributed by atoms with Crippen LogP contribution in [0.15, 0.2) is 12.3 Å². The van der Waals surface area contributed by atoms with Crippen molar-refractivity contribution in [1.29, 1.82) is 0 Å². The van der Waals surface area contributed by atoms with E-state index in [0.717, 1.165) is 0 Å². The molecule has 3 atom stereocenters. The fourth-order valence-electron chi connectivity index (χ4n) is 1.69. The van der Waals surface area contributed by atoms with E-state index in [0.29, 0.717) is 9.41 Å². The van der Waals surface area contributed by atoms with Crippen LogP contribution in [0.5, 0.6) is 0 Å². The summed E-state index contributed by atoms with van der Waals surface area (Å²) < 4.78 is 21.3. The smallest absolute Gasteiger partial charge is 0.180 e. The number of ether oxygens (including phenoxy) is 1. The molecule has 1 aromatic heterocycles. The fourth-order valence-corrected chi connectivity index (χ4v) is 2.19. The Bertz CT molecular complexity index is 487. The number of rotatable bonds is 2. The number of aromatic nitrogens is 2. The number of nitrogens with one attached hydrogen (secondary N) is 1. The molecule has 0 bridgehead atoms. The Morgan fingerprint density at radius 3 is 2.94 bits per heavy atom. The van der Waals surface area contributed by atoms with Gasteiger partial charge in [-0.25, -0.2) is 4.39 Å². The minimum absolute atomic E-state index is 0.179. The molecule has 1 fully saturated rings. The first-order valence-corrected chi connectivity index (χ1v) is 5.65. The van der Waals surface area contributed by atoms with Crippen LogP contribution in [0.25, 0.3) is 0 Å². The van der Waals surface area contributed by atoms with E-state index in [4.69, 9.17) is 34.3 Å². The highest BCUT2D eigenvalue weighted by molar-refractivity contribution is 7.72. The first-order chi connectivity index (χ1) is 7.61. The lowest BCUT2D eigenvalue weighted by atomic mass is 10.2. The van der Waals surface area contributed by atoms with Crippen LogP contribution in [0.4, 0.5) is 4.39 Å². The van der Waals surface area contributed by atoms with Gasteiger partial charge in [0.2, 0.25) is 0 Å². The van der Waals surface area contributed by atoms with Crippen LogP contribution >= 0.6 is 24.4 Å². The molecule has 2 heterocycles. The van der Waals surface area contributed by atoms with Crippen LogP contribution in [-0.2, 0) is 4.74 Å². The summed E-state index contributed by atoms with van der Waals surface area (Å²) in [5.41, 5.74) is 0. The molecule has 3 unspecified atom stereocenters. The minimum atomic E-state index is -1.17. The summed E-state index contributed by atoms with van der Waals surface area (Å²) in [5.74, 6) is 0. The van der Waals surface area contributed by atoms with Crippen LogP contribution in [0.3, 0.4) is 0 Å². The molecule has 1 saturated heterocycles. The van der Waals surface area contributed by atoms with Crippen LogP contribution in [-0.4, -0.2) is 33.5 Å². The molecular formula is C9H11FN2O2S2. The molecule has 0 aliphatic carbocycles. The molecule has 2 rings (SSSR count). The molecule has 0 amide bonds. The summed E-state index contributed by atoms with van der Waals surface area (Å²) in [6, 6.07) is 1.62. The molecule has 88 valence electrons. The SMILES string of the molecule is OCC1CC(F)C(n2ccc(=S)[nH]c2=S)O1. The van der Waals surface area contributed by atoms with Crippen LogP contribution in [0.1, 0.15) is 12.6 Å². The highest BCUT2D eigenvalue weighted by atomic mass is 32.1. The summed E-state index contributed by atoms with van der Waals surface area (Å²) in [7, 11) is 0. The number of nitrogens with zero attached hydrogens (tertiary/aromatic N) is 1. The van der Waals surface area contributed by atoms with E-state index >= 15 is 0 Å². The number of H-pyrrole nitrogens is 1. The molecule has 0 aromatic carbocycles. The average molecular weight is 262 g/mol. The highest BCUT2D eigenvalue weighted by Crippen LogP contribution is 2.30. The monoisotopic (exact) mass is 262 g/mol. The van der Waals surface area contributed by atoms with E-state index in [1.165, 1.54) is 4.57 Å². The number of hydrogen-bond acceptors (Lipinski definition) is 4. The maximum Gasteiger partial charge on any atom is 0.180 e. The van der Waals surface area contributed by atoms with Gasteiger partial charge in [-0.2, -0.15) is 0 Å². The second-order valence-corrected chi connectivity index (χ2v) is 4.43. The van der Waals surface area contributed by atoms with E-state index in [-0.39, 0.29) is 13.0 Å². The third-order valence-electron chi connectivity index (χ3n) is 2.46. The molecule has 0 radical (unpaired) electrons. The van der Waals surface area contributed by atoms with Gasteiger partial charge in [0.1, 0.15) is 10.8 Å². The summed E-state index contributed by atoms with van der Waals surface area (Å²) in [5, 5.41) is 8.91.